The van der Waals surface area contributed by atoms with Crippen molar-refractivity contribution in [2.45, 2.75) is 5.22 Å². The topological polar surface area (TPSA) is 105 Å². The van der Waals surface area contributed by atoms with Crippen molar-refractivity contribution in [1.82, 2.24) is 10.2 Å². The Hall–Kier alpha value is -3.64. The Morgan fingerprint density at radius 3 is 2.71 bits per heavy atom. The fourth-order valence-corrected chi connectivity index (χ4v) is 3.09. The van der Waals surface area contributed by atoms with E-state index in [9.17, 15) is 14.4 Å². The lowest BCUT2D eigenvalue weighted by Crippen LogP contribution is -2.14. The molecule has 0 fully saturated rings. The van der Waals surface area contributed by atoms with Crippen LogP contribution in [0.2, 0.25) is 0 Å². The molecule has 0 saturated carbocycles. The molecule has 0 aliphatic rings. The highest BCUT2D eigenvalue weighted by Crippen LogP contribution is 2.30. The Balaban J connectivity index is 1.43. The predicted octanol–water partition coefficient (Wildman–Crippen LogP) is 4.22. The minimum atomic E-state index is -0.363. The van der Waals surface area contributed by atoms with E-state index < -0.39 is 0 Å². The Bertz CT molecular complexity index is 1190. The number of para-hydroxylation sites is 1. The molecule has 0 aliphatic heterocycles. The maximum absolute atomic E-state index is 13.0. The van der Waals surface area contributed by atoms with Gasteiger partial charge in [0.1, 0.15) is 23.2 Å². The zero-order chi connectivity index (χ0) is 19.5. The van der Waals surface area contributed by atoms with E-state index in [1.54, 1.807) is 24.3 Å². The zero-order valence-corrected chi connectivity index (χ0v) is 15.0. The van der Waals surface area contributed by atoms with Crippen molar-refractivity contribution in [3.8, 4) is 17.5 Å². The molecule has 1 amide bonds. The normalized spacial score (nSPS) is 10.7. The number of hydrogen-bond acceptors (Lipinski definition) is 7. The number of nitrogens with zero attached hydrogens (tertiary/aromatic N) is 3. The van der Waals surface area contributed by atoms with Gasteiger partial charge in [0.15, 0.2) is 0 Å². The van der Waals surface area contributed by atoms with Crippen LogP contribution in [0.3, 0.4) is 0 Å². The molecule has 0 spiro atoms. The molecule has 0 unspecified atom stereocenters. The van der Waals surface area contributed by atoms with Crippen LogP contribution in [0.1, 0.15) is 5.76 Å². The fourth-order valence-electron chi connectivity index (χ4n) is 2.53. The number of amides is 1. The third-order valence-corrected chi connectivity index (χ3v) is 4.60. The summed E-state index contributed by atoms with van der Waals surface area (Å²) < 4.78 is 23.9. The van der Waals surface area contributed by atoms with Crippen LogP contribution in [0.5, 0.6) is 0 Å². The van der Waals surface area contributed by atoms with Crippen LogP contribution in [0.4, 0.5) is 10.1 Å². The molecule has 2 heterocycles. The highest BCUT2D eigenvalue weighted by atomic mass is 32.2. The first-order valence-electron chi connectivity index (χ1n) is 8.08. The number of nitriles is 1. The van der Waals surface area contributed by atoms with Gasteiger partial charge >= 0.3 is 0 Å². The maximum Gasteiger partial charge on any atom is 0.277 e. The van der Waals surface area contributed by atoms with E-state index in [-0.39, 0.29) is 34.4 Å². The molecule has 138 valence electrons. The van der Waals surface area contributed by atoms with E-state index >= 15 is 0 Å². The van der Waals surface area contributed by atoms with Crippen LogP contribution < -0.4 is 5.32 Å². The lowest BCUT2D eigenvalue weighted by molar-refractivity contribution is -0.113. The summed E-state index contributed by atoms with van der Waals surface area (Å²) in [4.78, 5) is 12.3. The van der Waals surface area contributed by atoms with Crippen LogP contribution in [0, 0.1) is 17.1 Å². The van der Waals surface area contributed by atoms with Gasteiger partial charge < -0.3 is 14.2 Å². The number of furan rings is 1. The second kappa shape index (κ2) is 7.54. The summed E-state index contributed by atoms with van der Waals surface area (Å²) in [5.41, 5.74) is 1.43. The van der Waals surface area contributed by atoms with Gasteiger partial charge in [0.2, 0.25) is 17.6 Å². The number of fused-ring (bicyclic) bond motifs is 1. The molecular weight excluding hydrogens is 383 g/mol. The summed E-state index contributed by atoms with van der Waals surface area (Å²) in [5.74, 6) is -0.450. The first-order chi connectivity index (χ1) is 13.6. The Kier molecular flexibility index (Phi) is 4.78. The van der Waals surface area contributed by atoms with Crippen LogP contribution >= 0.6 is 11.8 Å². The number of thioether (sulfide) groups is 1. The Morgan fingerprint density at radius 1 is 1.14 bits per heavy atom. The molecule has 4 rings (SSSR count). The Morgan fingerprint density at radius 2 is 1.93 bits per heavy atom. The standard InChI is InChI=1S/C19H11FN4O3S/c20-12-7-5-11(6-8-12)18-23-24-19(27-18)28-10-16(25)22-17-13-3-1-2-4-14(13)26-15(17)9-21/h1-8H,10H2,(H,22,25). The quantitative estimate of drug-likeness (QED) is 0.505. The lowest BCUT2D eigenvalue weighted by Gasteiger charge is -2.02. The lowest BCUT2D eigenvalue weighted by atomic mass is 10.2. The fraction of sp³-hybridized carbons (Fsp3) is 0.0526. The van der Waals surface area contributed by atoms with Crippen molar-refractivity contribution in [3.05, 3.63) is 60.1 Å². The molecule has 7 nitrogen and oxygen atoms in total. The van der Waals surface area contributed by atoms with Crippen molar-refractivity contribution in [2.24, 2.45) is 0 Å². The molecule has 2 aromatic carbocycles. The number of aromatic nitrogens is 2. The smallest absolute Gasteiger partial charge is 0.277 e. The van der Waals surface area contributed by atoms with E-state index in [0.29, 0.717) is 22.2 Å². The number of anilines is 1. The molecule has 0 bridgehead atoms. The van der Waals surface area contributed by atoms with E-state index in [2.05, 4.69) is 15.5 Å². The van der Waals surface area contributed by atoms with E-state index in [0.717, 1.165) is 11.8 Å². The molecule has 0 saturated heterocycles. The summed E-state index contributed by atoms with van der Waals surface area (Å²) in [6.45, 7) is 0. The highest BCUT2D eigenvalue weighted by Gasteiger charge is 2.17. The van der Waals surface area contributed by atoms with Gasteiger partial charge in [-0.3, -0.25) is 4.79 Å². The van der Waals surface area contributed by atoms with Crippen LogP contribution in [-0.2, 0) is 4.79 Å². The molecule has 28 heavy (non-hydrogen) atoms. The third-order valence-electron chi connectivity index (χ3n) is 3.79. The van der Waals surface area contributed by atoms with Crippen molar-refractivity contribution >= 4 is 34.3 Å². The summed E-state index contributed by atoms with van der Waals surface area (Å²) in [6.07, 6.45) is 0. The van der Waals surface area contributed by atoms with E-state index in [4.69, 9.17) is 8.83 Å². The average Bonchev–Trinajstić information content (AvgIpc) is 3.32. The molecule has 9 heteroatoms. The molecule has 0 aliphatic carbocycles. The largest absolute Gasteiger partial charge is 0.443 e. The molecule has 2 aromatic heterocycles. The monoisotopic (exact) mass is 394 g/mol. The number of carbonyl (C=O) groups is 1. The second-order valence-corrected chi connectivity index (χ2v) is 6.56. The van der Waals surface area contributed by atoms with Gasteiger partial charge in [0, 0.05) is 10.9 Å². The van der Waals surface area contributed by atoms with Crippen molar-refractivity contribution in [3.63, 3.8) is 0 Å². The number of rotatable bonds is 5. The molecule has 1 N–H and O–H groups in total. The maximum atomic E-state index is 13.0. The molecular formula is C19H11FN4O3S. The number of halogens is 1. The van der Waals surface area contributed by atoms with Crippen LogP contribution in [-0.4, -0.2) is 21.9 Å². The van der Waals surface area contributed by atoms with Crippen LogP contribution in [0.25, 0.3) is 22.4 Å². The zero-order valence-electron chi connectivity index (χ0n) is 14.2. The predicted molar refractivity (Wildman–Crippen MR) is 100.0 cm³/mol. The van der Waals surface area contributed by atoms with Gasteiger partial charge in [-0.05, 0) is 36.4 Å². The van der Waals surface area contributed by atoms with Gasteiger partial charge in [-0.25, -0.2) is 4.39 Å². The summed E-state index contributed by atoms with van der Waals surface area (Å²) in [6, 6.07) is 14.6. The van der Waals surface area contributed by atoms with Crippen molar-refractivity contribution < 1.29 is 18.0 Å². The van der Waals surface area contributed by atoms with Gasteiger partial charge in [0.05, 0.1) is 5.75 Å². The van der Waals surface area contributed by atoms with Gasteiger partial charge in [-0.15, -0.1) is 10.2 Å². The van der Waals surface area contributed by atoms with E-state index in [1.807, 2.05) is 6.07 Å². The number of benzene rings is 2. The SMILES string of the molecule is N#Cc1oc2ccccc2c1NC(=O)CSc1nnc(-c2ccc(F)cc2)o1. The summed E-state index contributed by atoms with van der Waals surface area (Å²) in [5, 5.41) is 20.5. The third kappa shape index (κ3) is 3.58. The first-order valence-corrected chi connectivity index (χ1v) is 9.06. The van der Waals surface area contributed by atoms with Gasteiger partial charge in [0.25, 0.3) is 5.22 Å². The molecule has 4 aromatic rings. The van der Waals surface area contributed by atoms with Gasteiger partial charge in [-0.1, -0.05) is 23.9 Å². The Labute approximate surface area is 162 Å². The van der Waals surface area contributed by atoms with E-state index in [1.165, 1.54) is 24.3 Å². The minimum Gasteiger partial charge on any atom is -0.443 e. The number of nitrogens with one attached hydrogen (secondary N) is 1. The number of carbonyl (C=O) groups excluding carboxylic acids is 1. The summed E-state index contributed by atoms with van der Waals surface area (Å²) >= 11 is 1.05. The minimum absolute atomic E-state index is 0.00454. The van der Waals surface area contributed by atoms with Crippen molar-refractivity contribution in [2.75, 3.05) is 11.1 Å². The molecule has 0 atom stereocenters. The van der Waals surface area contributed by atoms with Crippen LogP contribution in [0.15, 0.2) is 62.6 Å². The van der Waals surface area contributed by atoms with Gasteiger partial charge in [-0.2, -0.15) is 5.26 Å². The molecule has 0 radical (unpaired) electrons. The highest BCUT2D eigenvalue weighted by molar-refractivity contribution is 7.99. The first kappa shape index (κ1) is 17.8. The summed E-state index contributed by atoms with van der Waals surface area (Å²) in [7, 11) is 0. The average molecular weight is 394 g/mol. The second-order valence-electron chi connectivity index (χ2n) is 5.63. The van der Waals surface area contributed by atoms with Crippen molar-refractivity contribution in [1.29, 1.82) is 5.26 Å². The number of hydrogen-bond donors (Lipinski definition) is 1.